The van der Waals surface area contributed by atoms with Crippen LogP contribution in [0.3, 0.4) is 0 Å². The van der Waals surface area contributed by atoms with Crippen molar-refractivity contribution in [2.45, 2.75) is 75.9 Å². The van der Waals surface area contributed by atoms with Crippen LogP contribution in [0, 0.1) is 17.1 Å². The molecule has 6 rings (SSSR count). The third-order valence-electron chi connectivity index (χ3n) is 8.24. The lowest BCUT2D eigenvalue weighted by Crippen LogP contribution is -2.29. The van der Waals surface area contributed by atoms with Crippen LogP contribution in [0.2, 0.25) is 0 Å². The van der Waals surface area contributed by atoms with Crippen LogP contribution in [-0.2, 0) is 35.6 Å². The predicted molar refractivity (Wildman–Crippen MR) is 151 cm³/mol. The Morgan fingerprint density at radius 1 is 1.14 bits per heavy atom. The van der Waals surface area contributed by atoms with Gasteiger partial charge in [-0.05, 0) is 51.2 Å². The number of alkyl halides is 2. The highest BCUT2D eigenvalue weighted by Crippen LogP contribution is 2.47. The lowest BCUT2D eigenvalue weighted by atomic mass is 9.97. The zero-order valence-electron chi connectivity index (χ0n) is 23.7. The van der Waals surface area contributed by atoms with Gasteiger partial charge in [0.2, 0.25) is 0 Å². The van der Waals surface area contributed by atoms with Crippen molar-refractivity contribution in [3.05, 3.63) is 75.3 Å². The summed E-state index contributed by atoms with van der Waals surface area (Å²) < 4.78 is 54.3. The molecule has 4 aromatic rings. The second-order valence-electron chi connectivity index (χ2n) is 11.3. The minimum absolute atomic E-state index is 0.0263. The number of anilines is 1. The molecule has 3 aromatic heterocycles. The fourth-order valence-corrected chi connectivity index (χ4v) is 5.58. The Hall–Kier alpha value is -4.31. The van der Waals surface area contributed by atoms with Crippen molar-refractivity contribution in [1.82, 2.24) is 29.5 Å². The van der Waals surface area contributed by atoms with E-state index in [2.05, 4.69) is 31.7 Å². The van der Waals surface area contributed by atoms with Crippen LogP contribution in [0.4, 0.5) is 19.0 Å². The standard InChI is InChI=1S/C30H31F3N8O2/c1-19-21-6-5-7-23(25(21)31)30(32,33)17-43-13-4-2-3-11-40-15-20(38-39-40)8-12-41-27-22(26(37-19)35-18-36-27)14-24(28(41)42)29(16-34)9-10-29/h5-7,14-15,18-19H,2-4,8-13,17H2,1H3,(H,35,36,37)/t19-/m1/s1. The summed E-state index contributed by atoms with van der Waals surface area (Å²) in [5, 5.41) is 22.0. The number of halogens is 3. The first kappa shape index (κ1) is 28.8. The van der Waals surface area contributed by atoms with Crippen molar-refractivity contribution in [2.24, 2.45) is 0 Å². The summed E-state index contributed by atoms with van der Waals surface area (Å²) in [5.41, 5.74) is -0.549. The van der Waals surface area contributed by atoms with Crippen LogP contribution >= 0.6 is 0 Å². The lowest BCUT2D eigenvalue weighted by molar-refractivity contribution is -0.0853. The number of rotatable bonds is 1. The highest BCUT2D eigenvalue weighted by atomic mass is 19.3. The second kappa shape index (κ2) is 11.4. The van der Waals surface area contributed by atoms with Crippen LogP contribution in [0.5, 0.6) is 0 Å². The van der Waals surface area contributed by atoms with Crippen LogP contribution in [-0.4, -0.2) is 42.7 Å². The van der Waals surface area contributed by atoms with Crippen molar-refractivity contribution in [1.29, 1.82) is 5.26 Å². The van der Waals surface area contributed by atoms with Crippen molar-refractivity contribution in [3.63, 3.8) is 0 Å². The topological polar surface area (TPSA) is 124 Å². The number of hydrogen-bond acceptors (Lipinski definition) is 8. The molecule has 1 aromatic carbocycles. The number of fused-ring (bicyclic) bond motifs is 4. The zero-order valence-corrected chi connectivity index (χ0v) is 23.7. The molecule has 1 aliphatic heterocycles. The molecule has 1 aliphatic carbocycles. The molecule has 224 valence electrons. The number of aryl methyl sites for hydroxylation is 3. The maximum absolute atomic E-state index is 15.6. The van der Waals surface area contributed by atoms with Gasteiger partial charge in [0.1, 0.15) is 30.2 Å². The molecule has 0 radical (unpaired) electrons. The number of pyridine rings is 1. The number of nitrogens with zero attached hydrogens (tertiary/aromatic N) is 7. The van der Waals surface area contributed by atoms with Crippen LogP contribution in [0.25, 0.3) is 11.0 Å². The number of nitriles is 1. The molecular formula is C30H31F3N8O2. The van der Waals surface area contributed by atoms with E-state index in [9.17, 15) is 10.1 Å². The Morgan fingerprint density at radius 2 is 1.98 bits per heavy atom. The summed E-state index contributed by atoms with van der Waals surface area (Å²) in [6.07, 6.45) is 6.67. The van der Waals surface area contributed by atoms with Gasteiger partial charge < -0.3 is 10.1 Å². The molecule has 8 bridgehead atoms. The monoisotopic (exact) mass is 592 g/mol. The van der Waals surface area contributed by atoms with Gasteiger partial charge in [0.15, 0.2) is 0 Å². The zero-order chi connectivity index (χ0) is 30.2. The van der Waals surface area contributed by atoms with Gasteiger partial charge in [0, 0.05) is 43.4 Å². The normalized spacial score (nSPS) is 20.4. The Balaban J connectivity index is 1.45. The third-order valence-corrected chi connectivity index (χ3v) is 8.24. The Morgan fingerprint density at radius 3 is 2.77 bits per heavy atom. The smallest absolute Gasteiger partial charge is 0.298 e. The average Bonchev–Trinajstić information content (AvgIpc) is 3.66. The molecule has 1 saturated carbocycles. The van der Waals surface area contributed by atoms with E-state index < -0.39 is 35.4 Å². The average molecular weight is 593 g/mol. The summed E-state index contributed by atoms with van der Waals surface area (Å²) in [5.74, 6) is -4.27. The second-order valence-corrected chi connectivity index (χ2v) is 11.3. The Kier molecular flexibility index (Phi) is 7.64. The van der Waals surface area contributed by atoms with E-state index in [1.807, 2.05) is 6.20 Å². The maximum Gasteiger partial charge on any atom is 0.298 e. The molecule has 1 atom stereocenters. The number of ether oxygens (including phenoxy) is 1. The van der Waals surface area contributed by atoms with Gasteiger partial charge in [-0.1, -0.05) is 17.3 Å². The van der Waals surface area contributed by atoms with Crippen molar-refractivity contribution < 1.29 is 17.9 Å². The van der Waals surface area contributed by atoms with E-state index in [1.165, 1.54) is 23.0 Å². The summed E-state index contributed by atoms with van der Waals surface area (Å²) >= 11 is 0. The van der Waals surface area contributed by atoms with E-state index in [0.29, 0.717) is 54.5 Å². The molecular weight excluding hydrogens is 561 g/mol. The van der Waals surface area contributed by atoms with E-state index in [1.54, 1.807) is 17.7 Å². The van der Waals surface area contributed by atoms with Gasteiger partial charge in [0.25, 0.3) is 11.5 Å². The molecule has 0 saturated heterocycles. The minimum atomic E-state index is -3.53. The van der Waals surface area contributed by atoms with Crippen LogP contribution in [0.1, 0.15) is 67.5 Å². The number of hydrogen-bond donors (Lipinski definition) is 1. The molecule has 43 heavy (non-hydrogen) atoms. The quantitative estimate of drug-likeness (QED) is 0.335. The lowest BCUT2D eigenvalue weighted by Gasteiger charge is -2.22. The van der Waals surface area contributed by atoms with E-state index in [-0.39, 0.29) is 30.1 Å². The highest BCUT2D eigenvalue weighted by molar-refractivity contribution is 5.87. The summed E-state index contributed by atoms with van der Waals surface area (Å²) in [7, 11) is 0. The molecule has 0 amide bonds. The number of nitrogens with one attached hydrogen (secondary N) is 1. The fourth-order valence-electron chi connectivity index (χ4n) is 5.58. The highest BCUT2D eigenvalue weighted by Gasteiger charge is 2.47. The summed E-state index contributed by atoms with van der Waals surface area (Å²) in [6.45, 7) is 1.66. The van der Waals surface area contributed by atoms with Gasteiger partial charge in [0.05, 0.1) is 34.2 Å². The molecule has 4 heterocycles. The predicted octanol–water partition coefficient (Wildman–Crippen LogP) is 4.79. The van der Waals surface area contributed by atoms with Gasteiger partial charge in [-0.3, -0.25) is 14.0 Å². The van der Waals surface area contributed by atoms with E-state index in [0.717, 1.165) is 18.9 Å². The Labute approximate surface area is 245 Å². The van der Waals surface area contributed by atoms with Gasteiger partial charge >= 0.3 is 0 Å². The molecule has 0 unspecified atom stereocenters. The summed E-state index contributed by atoms with van der Waals surface area (Å²) in [6, 6.07) is 7.05. The molecule has 10 nitrogen and oxygen atoms in total. The van der Waals surface area contributed by atoms with Crippen molar-refractivity contribution in [3.8, 4) is 6.07 Å². The third kappa shape index (κ3) is 5.59. The molecule has 1 fully saturated rings. The number of aromatic nitrogens is 6. The van der Waals surface area contributed by atoms with Crippen LogP contribution in [0.15, 0.2) is 41.6 Å². The molecule has 0 spiro atoms. The van der Waals surface area contributed by atoms with Crippen LogP contribution < -0.4 is 10.9 Å². The minimum Gasteiger partial charge on any atom is -0.375 e. The molecule has 1 N–H and O–H groups in total. The molecule has 13 heteroatoms. The summed E-state index contributed by atoms with van der Waals surface area (Å²) in [4.78, 5) is 22.5. The first-order valence-electron chi connectivity index (χ1n) is 14.4. The Bertz CT molecular complexity index is 1760. The fraction of sp³-hybridized carbons (Fsp3) is 0.467. The largest absolute Gasteiger partial charge is 0.375 e. The maximum atomic E-state index is 15.6. The van der Waals surface area contributed by atoms with E-state index in [4.69, 9.17) is 4.74 Å². The number of benzene rings is 1. The van der Waals surface area contributed by atoms with Gasteiger partial charge in [-0.25, -0.2) is 14.4 Å². The van der Waals surface area contributed by atoms with Gasteiger partial charge in [-0.15, -0.1) is 5.10 Å². The molecule has 2 aliphatic rings. The first-order valence-corrected chi connectivity index (χ1v) is 14.4. The van der Waals surface area contributed by atoms with Gasteiger partial charge in [-0.2, -0.15) is 14.0 Å². The van der Waals surface area contributed by atoms with Crippen molar-refractivity contribution >= 4 is 16.9 Å². The van der Waals surface area contributed by atoms with E-state index >= 15 is 13.2 Å². The SMILES string of the molecule is C[C@H]1Nc2ncnc3c2cc(C2(C#N)CC2)c(=O)n3CCc2cn(nn2)CCCCCOCC(F)(F)c2cccc1c2F. The van der Waals surface area contributed by atoms with Crippen molar-refractivity contribution in [2.75, 3.05) is 18.5 Å². The first-order chi connectivity index (χ1) is 20.7.